The van der Waals surface area contributed by atoms with Gasteiger partial charge in [0.2, 0.25) is 21.1 Å². The fraction of sp³-hybridized carbons (Fsp3) is 0.160. The largest absolute Gasteiger partial charge is 0.457 e. The standard InChI is InChI=1S/C25H24N4O4S2/c1-17-9-11-19(12-10-17)24-27-28-25(34-24)26-23(30)18(2)29(35(3,31)32)20-13-15-22(16-14-20)33-21-7-5-4-6-8-21/h4-16,18H,1-3H3,(H,26,28,30)/t18-/m0/s1. The Hall–Kier alpha value is -3.76. The molecule has 8 nitrogen and oxygen atoms in total. The van der Waals surface area contributed by atoms with Gasteiger partial charge in [0.15, 0.2) is 0 Å². The van der Waals surface area contributed by atoms with Crippen LogP contribution in [0.1, 0.15) is 12.5 Å². The maximum absolute atomic E-state index is 13.0. The first-order valence-electron chi connectivity index (χ1n) is 10.7. The Morgan fingerprint density at radius 2 is 1.57 bits per heavy atom. The fourth-order valence-corrected chi connectivity index (χ4v) is 5.32. The minimum atomic E-state index is -3.77. The maximum atomic E-state index is 13.0. The van der Waals surface area contributed by atoms with Crippen molar-refractivity contribution in [1.82, 2.24) is 10.2 Å². The van der Waals surface area contributed by atoms with E-state index in [0.29, 0.717) is 22.2 Å². The van der Waals surface area contributed by atoms with Crippen LogP contribution in [0, 0.1) is 6.92 Å². The Balaban J connectivity index is 1.49. The molecule has 0 aliphatic carbocycles. The van der Waals surface area contributed by atoms with E-state index < -0.39 is 22.0 Å². The third-order valence-electron chi connectivity index (χ3n) is 5.11. The van der Waals surface area contributed by atoms with E-state index in [1.165, 1.54) is 18.3 Å². The molecule has 0 saturated carbocycles. The van der Waals surface area contributed by atoms with E-state index in [0.717, 1.165) is 21.7 Å². The molecule has 1 aromatic heterocycles. The molecule has 1 N–H and O–H groups in total. The maximum Gasteiger partial charge on any atom is 0.249 e. The van der Waals surface area contributed by atoms with Gasteiger partial charge in [0, 0.05) is 5.56 Å². The number of hydrogen-bond acceptors (Lipinski definition) is 7. The number of sulfonamides is 1. The van der Waals surface area contributed by atoms with Crippen LogP contribution >= 0.6 is 11.3 Å². The van der Waals surface area contributed by atoms with Gasteiger partial charge >= 0.3 is 0 Å². The molecule has 0 unspecified atom stereocenters. The van der Waals surface area contributed by atoms with Crippen LogP contribution in [0.5, 0.6) is 11.5 Å². The second-order valence-corrected chi connectivity index (χ2v) is 10.7. The van der Waals surface area contributed by atoms with Gasteiger partial charge in [0.05, 0.1) is 11.9 Å². The molecule has 0 radical (unpaired) electrons. The third-order valence-corrected chi connectivity index (χ3v) is 7.24. The molecule has 1 atom stereocenters. The van der Waals surface area contributed by atoms with Gasteiger partial charge in [-0.1, -0.05) is 59.4 Å². The number of hydrogen-bond donors (Lipinski definition) is 1. The lowest BCUT2D eigenvalue weighted by Gasteiger charge is -2.28. The molecule has 180 valence electrons. The highest BCUT2D eigenvalue weighted by atomic mass is 32.2. The summed E-state index contributed by atoms with van der Waals surface area (Å²) >= 11 is 1.22. The van der Waals surface area contributed by atoms with Gasteiger partial charge in [-0.15, -0.1) is 10.2 Å². The highest BCUT2D eigenvalue weighted by Gasteiger charge is 2.30. The smallest absolute Gasteiger partial charge is 0.249 e. The predicted molar refractivity (Wildman–Crippen MR) is 138 cm³/mol. The van der Waals surface area contributed by atoms with E-state index in [1.54, 1.807) is 24.3 Å². The number of aromatic nitrogens is 2. The van der Waals surface area contributed by atoms with Crippen LogP contribution in [0.2, 0.25) is 0 Å². The number of carbonyl (C=O) groups excluding carboxylic acids is 1. The Morgan fingerprint density at radius 3 is 2.20 bits per heavy atom. The lowest BCUT2D eigenvalue weighted by molar-refractivity contribution is -0.116. The molecule has 35 heavy (non-hydrogen) atoms. The van der Waals surface area contributed by atoms with Crippen molar-refractivity contribution in [2.45, 2.75) is 19.9 Å². The van der Waals surface area contributed by atoms with E-state index in [1.807, 2.05) is 61.5 Å². The van der Waals surface area contributed by atoms with Crippen LogP contribution in [0.25, 0.3) is 10.6 Å². The second kappa shape index (κ2) is 10.2. The minimum Gasteiger partial charge on any atom is -0.457 e. The summed E-state index contributed by atoms with van der Waals surface area (Å²) in [5.41, 5.74) is 2.35. The molecule has 10 heteroatoms. The van der Waals surface area contributed by atoms with E-state index >= 15 is 0 Å². The highest BCUT2D eigenvalue weighted by Crippen LogP contribution is 2.29. The summed E-state index contributed by atoms with van der Waals surface area (Å²) in [5, 5.41) is 11.8. The van der Waals surface area contributed by atoms with Crippen molar-refractivity contribution < 1.29 is 17.9 Å². The summed E-state index contributed by atoms with van der Waals surface area (Å²) in [7, 11) is -3.77. The van der Waals surface area contributed by atoms with Gasteiger partial charge < -0.3 is 4.74 Å². The molecular weight excluding hydrogens is 484 g/mol. The monoisotopic (exact) mass is 508 g/mol. The molecule has 1 heterocycles. The number of rotatable bonds is 8. The number of aryl methyl sites for hydroxylation is 1. The van der Waals surface area contributed by atoms with Crippen molar-refractivity contribution in [1.29, 1.82) is 0 Å². The first-order chi connectivity index (χ1) is 16.7. The van der Waals surface area contributed by atoms with E-state index in [-0.39, 0.29) is 5.13 Å². The molecule has 0 aliphatic rings. The Kier molecular flexibility index (Phi) is 7.13. The number of benzene rings is 3. The number of carbonyl (C=O) groups is 1. The average Bonchev–Trinajstić information content (AvgIpc) is 3.29. The quantitative estimate of drug-likeness (QED) is 0.355. The number of para-hydroxylation sites is 1. The van der Waals surface area contributed by atoms with Crippen molar-refractivity contribution >= 4 is 38.1 Å². The summed E-state index contributed by atoms with van der Waals surface area (Å²) in [5.74, 6) is 0.685. The van der Waals surface area contributed by atoms with Crippen molar-refractivity contribution in [2.24, 2.45) is 0 Å². The fourth-order valence-electron chi connectivity index (χ4n) is 3.39. The van der Waals surface area contributed by atoms with Crippen molar-refractivity contribution in [3.8, 4) is 22.1 Å². The van der Waals surface area contributed by atoms with Gasteiger partial charge in [-0.3, -0.25) is 14.4 Å². The molecule has 3 aromatic carbocycles. The summed E-state index contributed by atoms with van der Waals surface area (Å²) in [6, 6.07) is 22.5. The highest BCUT2D eigenvalue weighted by molar-refractivity contribution is 7.92. The molecule has 0 fully saturated rings. The number of nitrogens with zero attached hydrogens (tertiary/aromatic N) is 3. The lowest BCUT2D eigenvalue weighted by Crippen LogP contribution is -2.45. The minimum absolute atomic E-state index is 0.289. The summed E-state index contributed by atoms with van der Waals surface area (Å²) in [6.45, 7) is 3.51. The molecular formula is C25H24N4O4S2. The first-order valence-corrected chi connectivity index (χ1v) is 13.4. The lowest BCUT2D eigenvalue weighted by atomic mass is 10.2. The van der Waals surface area contributed by atoms with Crippen molar-refractivity contribution in [3.63, 3.8) is 0 Å². The van der Waals surface area contributed by atoms with E-state index in [2.05, 4.69) is 15.5 Å². The van der Waals surface area contributed by atoms with Gasteiger partial charge in [0.1, 0.15) is 22.5 Å². The molecule has 0 bridgehead atoms. The molecule has 1 amide bonds. The molecule has 0 spiro atoms. The second-order valence-electron chi connectivity index (χ2n) is 7.91. The van der Waals surface area contributed by atoms with Crippen LogP contribution in [0.4, 0.5) is 10.8 Å². The Labute approximate surface area is 208 Å². The molecule has 0 saturated heterocycles. The zero-order chi connectivity index (χ0) is 25.0. The first kappa shape index (κ1) is 24.4. The van der Waals surface area contributed by atoms with Gasteiger partial charge in [-0.2, -0.15) is 0 Å². The zero-order valence-corrected chi connectivity index (χ0v) is 21.0. The topological polar surface area (TPSA) is 101 Å². The van der Waals surface area contributed by atoms with Crippen LogP contribution in [-0.4, -0.2) is 36.8 Å². The van der Waals surface area contributed by atoms with E-state index in [4.69, 9.17) is 4.74 Å². The van der Waals surface area contributed by atoms with Crippen LogP contribution in [-0.2, 0) is 14.8 Å². The van der Waals surface area contributed by atoms with Crippen molar-refractivity contribution in [2.75, 3.05) is 15.9 Å². The zero-order valence-electron chi connectivity index (χ0n) is 19.4. The SMILES string of the molecule is Cc1ccc(-c2nnc(NC(=O)[C@H](C)N(c3ccc(Oc4ccccc4)cc3)S(C)(=O)=O)s2)cc1. The molecule has 4 rings (SSSR count). The van der Waals surface area contributed by atoms with Crippen LogP contribution in [0.3, 0.4) is 0 Å². The molecule has 0 aliphatic heterocycles. The number of nitrogens with one attached hydrogen (secondary N) is 1. The predicted octanol–water partition coefficient (Wildman–Crippen LogP) is 5.10. The van der Waals surface area contributed by atoms with Crippen molar-refractivity contribution in [3.05, 3.63) is 84.4 Å². The Morgan fingerprint density at radius 1 is 0.943 bits per heavy atom. The summed E-state index contributed by atoms with van der Waals surface area (Å²) in [6.07, 6.45) is 1.06. The average molecular weight is 509 g/mol. The van der Waals surface area contributed by atoms with Gasteiger partial charge in [0.25, 0.3) is 0 Å². The third kappa shape index (κ3) is 6.03. The van der Waals surface area contributed by atoms with Crippen LogP contribution in [0.15, 0.2) is 78.9 Å². The number of amides is 1. The summed E-state index contributed by atoms with van der Waals surface area (Å²) < 4.78 is 32.1. The van der Waals surface area contributed by atoms with Crippen LogP contribution < -0.4 is 14.4 Å². The normalized spacial score (nSPS) is 12.1. The number of anilines is 2. The number of ether oxygens (including phenoxy) is 1. The summed E-state index contributed by atoms with van der Waals surface area (Å²) in [4.78, 5) is 13.0. The van der Waals surface area contributed by atoms with E-state index in [9.17, 15) is 13.2 Å². The molecule has 4 aromatic rings. The Bertz CT molecular complexity index is 1400. The van der Waals surface area contributed by atoms with Gasteiger partial charge in [-0.05, 0) is 50.2 Å². The van der Waals surface area contributed by atoms with Gasteiger partial charge in [-0.25, -0.2) is 8.42 Å².